The highest BCUT2D eigenvalue weighted by Crippen LogP contribution is 2.29. The first-order valence-electron chi connectivity index (χ1n) is 5.08. The highest BCUT2D eigenvalue weighted by molar-refractivity contribution is 9.10. The second-order valence-electron chi connectivity index (χ2n) is 3.67. The van der Waals surface area contributed by atoms with Crippen molar-refractivity contribution in [2.75, 3.05) is 0 Å². The molecule has 0 saturated carbocycles. The van der Waals surface area contributed by atoms with Crippen LogP contribution >= 0.6 is 15.9 Å². The van der Waals surface area contributed by atoms with Gasteiger partial charge in [0.15, 0.2) is 0 Å². The van der Waals surface area contributed by atoms with E-state index in [0.29, 0.717) is 16.7 Å². The molecule has 1 aromatic heterocycles. The van der Waals surface area contributed by atoms with E-state index in [1.165, 1.54) is 12.1 Å². The van der Waals surface area contributed by atoms with Crippen LogP contribution in [0.4, 0.5) is 13.2 Å². The lowest BCUT2D eigenvalue weighted by Crippen LogP contribution is -2.04. The van der Waals surface area contributed by atoms with E-state index in [-0.39, 0.29) is 0 Å². The van der Waals surface area contributed by atoms with E-state index in [2.05, 4.69) is 25.9 Å². The molecule has 0 aliphatic carbocycles. The maximum atomic E-state index is 12.4. The van der Waals surface area contributed by atoms with Gasteiger partial charge in [-0.25, -0.2) is 4.98 Å². The molecule has 0 fully saturated rings. The van der Waals surface area contributed by atoms with Gasteiger partial charge in [-0.15, -0.1) is 0 Å². The molecule has 0 spiro atoms. The molecule has 0 radical (unpaired) electrons. The Hall–Kier alpha value is -1.43. The summed E-state index contributed by atoms with van der Waals surface area (Å²) in [5.41, 5.74) is 0.797. The maximum absolute atomic E-state index is 12.4. The van der Waals surface area contributed by atoms with Crippen molar-refractivity contribution in [3.8, 4) is 0 Å². The predicted molar refractivity (Wildman–Crippen MR) is 64.0 cm³/mol. The van der Waals surface area contributed by atoms with Crippen LogP contribution in [0.5, 0.6) is 0 Å². The van der Waals surface area contributed by atoms with E-state index in [4.69, 9.17) is 0 Å². The third-order valence-electron chi connectivity index (χ3n) is 2.38. The predicted octanol–water partition coefficient (Wildman–Crippen LogP) is 3.85. The molecule has 2 aromatic rings. The first-order chi connectivity index (χ1) is 8.47. The van der Waals surface area contributed by atoms with Gasteiger partial charge in [-0.3, -0.25) is 4.98 Å². The molecule has 0 amide bonds. The molecule has 0 unspecified atom stereocenters. The molecule has 1 heterocycles. The highest BCUT2D eigenvalue weighted by Gasteiger charge is 2.29. The maximum Gasteiger partial charge on any atom is 0.416 e. The van der Waals surface area contributed by atoms with Gasteiger partial charge < -0.3 is 0 Å². The minimum atomic E-state index is -4.30. The van der Waals surface area contributed by atoms with Gasteiger partial charge in [0, 0.05) is 18.8 Å². The second-order valence-corrected chi connectivity index (χ2v) is 4.42. The topological polar surface area (TPSA) is 25.8 Å². The number of halogens is 4. The normalized spacial score (nSPS) is 11.6. The molecule has 0 aliphatic heterocycles. The zero-order chi connectivity index (χ0) is 13.2. The first kappa shape index (κ1) is 13.0. The molecule has 0 bridgehead atoms. The van der Waals surface area contributed by atoms with Gasteiger partial charge in [0.05, 0.1) is 11.3 Å². The van der Waals surface area contributed by atoms with Gasteiger partial charge >= 0.3 is 6.18 Å². The molecule has 2 rings (SSSR count). The van der Waals surface area contributed by atoms with Crippen molar-refractivity contribution in [3.05, 3.63) is 58.1 Å². The second kappa shape index (κ2) is 5.06. The van der Waals surface area contributed by atoms with Gasteiger partial charge in [-0.1, -0.05) is 12.1 Å². The Morgan fingerprint density at radius 3 is 2.17 bits per heavy atom. The lowest BCUT2D eigenvalue weighted by Gasteiger charge is -2.07. The van der Waals surface area contributed by atoms with Crippen LogP contribution in [0.25, 0.3) is 0 Å². The minimum absolute atomic E-state index is 0.437. The van der Waals surface area contributed by atoms with E-state index in [1.807, 2.05) is 0 Å². The van der Waals surface area contributed by atoms with Crippen LogP contribution in [-0.4, -0.2) is 9.97 Å². The summed E-state index contributed by atoms with van der Waals surface area (Å²) in [6.45, 7) is 0. The Kier molecular flexibility index (Phi) is 3.65. The smallest absolute Gasteiger partial charge is 0.257 e. The number of hydrogen-bond acceptors (Lipinski definition) is 2. The van der Waals surface area contributed by atoms with Crippen molar-refractivity contribution in [2.45, 2.75) is 12.6 Å². The van der Waals surface area contributed by atoms with Gasteiger partial charge in [-0.05, 0) is 33.6 Å². The van der Waals surface area contributed by atoms with Gasteiger partial charge in [0.1, 0.15) is 4.60 Å². The van der Waals surface area contributed by atoms with Crippen molar-refractivity contribution in [1.29, 1.82) is 0 Å². The highest BCUT2D eigenvalue weighted by atomic mass is 79.9. The van der Waals surface area contributed by atoms with E-state index in [9.17, 15) is 13.2 Å². The Labute approximate surface area is 110 Å². The Morgan fingerprint density at radius 2 is 1.61 bits per heavy atom. The monoisotopic (exact) mass is 316 g/mol. The third-order valence-corrected chi connectivity index (χ3v) is 3.04. The summed E-state index contributed by atoms with van der Waals surface area (Å²) < 4.78 is 37.7. The van der Waals surface area contributed by atoms with Crippen LogP contribution in [-0.2, 0) is 12.6 Å². The van der Waals surface area contributed by atoms with E-state index in [1.54, 1.807) is 12.4 Å². The fourth-order valence-electron chi connectivity index (χ4n) is 1.47. The average molecular weight is 317 g/mol. The molecule has 0 atom stereocenters. The summed E-state index contributed by atoms with van der Waals surface area (Å²) >= 11 is 3.25. The molecular formula is C12H8BrF3N2. The van der Waals surface area contributed by atoms with Crippen LogP contribution in [0.1, 0.15) is 16.8 Å². The Balaban J connectivity index is 2.19. The number of aromatic nitrogens is 2. The minimum Gasteiger partial charge on any atom is -0.257 e. The molecule has 6 heteroatoms. The van der Waals surface area contributed by atoms with Crippen molar-refractivity contribution >= 4 is 15.9 Å². The number of alkyl halides is 3. The molecule has 0 N–H and O–H groups in total. The summed E-state index contributed by atoms with van der Waals surface area (Å²) in [7, 11) is 0. The molecule has 2 nitrogen and oxygen atoms in total. The summed E-state index contributed by atoms with van der Waals surface area (Å²) in [6, 6.07) is 5.03. The number of rotatable bonds is 2. The molecule has 18 heavy (non-hydrogen) atoms. The van der Waals surface area contributed by atoms with Crippen molar-refractivity contribution < 1.29 is 13.2 Å². The summed E-state index contributed by atoms with van der Waals surface area (Å²) in [5.74, 6) is 0. The zero-order valence-electron chi connectivity index (χ0n) is 9.08. The van der Waals surface area contributed by atoms with Gasteiger partial charge in [-0.2, -0.15) is 13.2 Å². The lowest BCUT2D eigenvalue weighted by atomic mass is 10.1. The lowest BCUT2D eigenvalue weighted by molar-refractivity contribution is -0.137. The number of hydrogen-bond donors (Lipinski definition) is 0. The Morgan fingerprint density at radius 1 is 1.00 bits per heavy atom. The number of benzene rings is 1. The van der Waals surface area contributed by atoms with Crippen molar-refractivity contribution in [3.63, 3.8) is 0 Å². The standard InChI is InChI=1S/C12H8BrF3N2/c13-11-10(17-5-6-18-11)7-8-1-3-9(4-2-8)12(14,15)16/h1-6H,7H2. The molecule has 94 valence electrons. The fourth-order valence-corrected chi connectivity index (χ4v) is 1.83. The molecule has 0 aliphatic rings. The molecular weight excluding hydrogens is 309 g/mol. The molecule has 1 aromatic carbocycles. The van der Waals surface area contributed by atoms with Crippen LogP contribution in [0.2, 0.25) is 0 Å². The van der Waals surface area contributed by atoms with Crippen LogP contribution < -0.4 is 0 Å². The van der Waals surface area contributed by atoms with E-state index >= 15 is 0 Å². The third kappa shape index (κ3) is 3.07. The SMILES string of the molecule is FC(F)(F)c1ccc(Cc2nccnc2Br)cc1. The summed E-state index contributed by atoms with van der Waals surface area (Å²) in [5, 5.41) is 0. The summed E-state index contributed by atoms with van der Waals surface area (Å²) in [4.78, 5) is 8.12. The molecule has 0 saturated heterocycles. The number of nitrogens with zero attached hydrogens (tertiary/aromatic N) is 2. The van der Waals surface area contributed by atoms with E-state index in [0.717, 1.165) is 17.7 Å². The van der Waals surface area contributed by atoms with Crippen LogP contribution in [0.3, 0.4) is 0 Å². The largest absolute Gasteiger partial charge is 0.416 e. The quantitative estimate of drug-likeness (QED) is 0.841. The Bertz CT molecular complexity index is 538. The van der Waals surface area contributed by atoms with Crippen LogP contribution in [0.15, 0.2) is 41.3 Å². The fraction of sp³-hybridized carbons (Fsp3) is 0.167. The van der Waals surface area contributed by atoms with Gasteiger partial charge in [0.2, 0.25) is 0 Å². The van der Waals surface area contributed by atoms with Crippen molar-refractivity contribution in [1.82, 2.24) is 9.97 Å². The summed E-state index contributed by atoms with van der Waals surface area (Å²) in [6.07, 6.45) is -0.775. The van der Waals surface area contributed by atoms with Crippen LogP contribution in [0, 0.1) is 0 Å². The zero-order valence-corrected chi connectivity index (χ0v) is 10.7. The average Bonchev–Trinajstić information content (AvgIpc) is 2.32. The van der Waals surface area contributed by atoms with E-state index < -0.39 is 11.7 Å². The first-order valence-corrected chi connectivity index (χ1v) is 5.87. The van der Waals surface area contributed by atoms with Crippen molar-refractivity contribution in [2.24, 2.45) is 0 Å². The van der Waals surface area contributed by atoms with Gasteiger partial charge in [0.25, 0.3) is 0 Å².